The smallest absolute Gasteiger partial charge is 0.127 e. The molecule has 0 saturated carbocycles. The van der Waals surface area contributed by atoms with Crippen LogP contribution < -0.4 is 10.1 Å². The largest absolute Gasteiger partial charge is 0.507 e. The minimum Gasteiger partial charge on any atom is -0.507 e. The number of rotatable bonds is 7. The Morgan fingerprint density at radius 3 is 2.52 bits per heavy atom. The number of anilines is 1. The molecule has 2 aromatic carbocycles. The second-order valence-corrected chi connectivity index (χ2v) is 6.42. The van der Waals surface area contributed by atoms with Crippen LogP contribution in [0.4, 0.5) is 5.82 Å². The minimum absolute atomic E-state index is 0.0524. The van der Waals surface area contributed by atoms with E-state index in [2.05, 4.69) is 16.4 Å². The highest BCUT2D eigenvalue weighted by molar-refractivity contribution is 5.77. The summed E-state index contributed by atoms with van der Waals surface area (Å²) in [5.41, 5.74) is 3.22. The molecular formula is C22H21N3O4. The Morgan fingerprint density at radius 2 is 1.86 bits per heavy atom. The number of aromatic hydroxyl groups is 1. The molecule has 0 aliphatic rings. The van der Waals surface area contributed by atoms with Gasteiger partial charge in [0.2, 0.25) is 0 Å². The lowest BCUT2D eigenvalue weighted by Crippen LogP contribution is -2.23. The van der Waals surface area contributed by atoms with E-state index in [1.165, 1.54) is 6.07 Å². The van der Waals surface area contributed by atoms with Gasteiger partial charge in [-0.2, -0.15) is 5.26 Å². The number of hydrogen-bond acceptors (Lipinski definition) is 7. The molecule has 0 bridgehead atoms. The van der Waals surface area contributed by atoms with Gasteiger partial charge in [0.15, 0.2) is 0 Å². The van der Waals surface area contributed by atoms with Gasteiger partial charge in [-0.1, -0.05) is 12.1 Å². The molecule has 0 radical (unpaired) electrons. The summed E-state index contributed by atoms with van der Waals surface area (Å²) in [5, 5.41) is 41.0. The second-order valence-electron chi connectivity index (χ2n) is 6.42. The maximum absolute atomic E-state index is 10.3. The van der Waals surface area contributed by atoms with Crippen LogP contribution in [0, 0.1) is 11.3 Å². The minimum atomic E-state index is -0.927. The van der Waals surface area contributed by atoms with Crippen molar-refractivity contribution in [2.24, 2.45) is 0 Å². The van der Waals surface area contributed by atoms with Crippen LogP contribution in [0.1, 0.15) is 5.56 Å². The molecule has 3 rings (SSSR count). The highest BCUT2D eigenvalue weighted by atomic mass is 16.5. The van der Waals surface area contributed by atoms with Crippen molar-refractivity contribution in [1.82, 2.24) is 4.98 Å². The lowest BCUT2D eigenvalue weighted by atomic mass is 10.0. The van der Waals surface area contributed by atoms with E-state index in [9.17, 15) is 10.2 Å². The number of nitrogens with one attached hydrogen (secondary N) is 1. The molecule has 4 N–H and O–H groups in total. The van der Waals surface area contributed by atoms with Crippen molar-refractivity contribution in [3.05, 3.63) is 60.2 Å². The lowest BCUT2D eigenvalue weighted by molar-refractivity contribution is 0.105. The van der Waals surface area contributed by atoms with Gasteiger partial charge in [-0.25, -0.2) is 4.98 Å². The van der Waals surface area contributed by atoms with Crippen LogP contribution in [-0.2, 0) is 0 Å². The molecule has 7 nitrogen and oxygen atoms in total. The van der Waals surface area contributed by atoms with E-state index >= 15 is 0 Å². The molecule has 29 heavy (non-hydrogen) atoms. The van der Waals surface area contributed by atoms with E-state index in [1.807, 2.05) is 18.2 Å². The first-order chi connectivity index (χ1) is 14.0. The van der Waals surface area contributed by atoms with Crippen molar-refractivity contribution in [2.45, 2.75) is 6.10 Å². The number of nitrogens with zero attached hydrogens (tertiary/aromatic N) is 2. The second kappa shape index (κ2) is 9.06. The molecule has 1 atom stereocenters. The lowest BCUT2D eigenvalue weighted by Gasteiger charge is -2.14. The molecule has 0 amide bonds. The van der Waals surface area contributed by atoms with Crippen molar-refractivity contribution < 1.29 is 20.1 Å². The molecule has 0 aliphatic carbocycles. The first kappa shape index (κ1) is 20.1. The number of pyridine rings is 1. The number of aromatic nitrogens is 1. The van der Waals surface area contributed by atoms with Gasteiger partial charge in [-0.05, 0) is 53.6 Å². The Balaban J connectivity index is 2.08. The standard InChI is InChI=1S/C22H21N3O4/c1-29-18-6-7-21(28)19(10-18)20-8-16(15-4-2-14(11-23)3-5-15)9-22(25-20)24-12-17(27)13-26/h2-10,17,26-28H,12-13H2,1H3,(H,24,25). The molecule has 0 saturated heterocycles. The van der Waals surface area contributed by atoms with Gasteiger partial charge >= 0.3 is 0 Å². The summed E-state index contributed by atoms with van der Waals surface area (Å²) in [6, 6.07) is 17.7. The fourth-order valence-electron chi connectivity index (χ4n) is 2.80. The monoisotopic (exact) mass is 391 g/mol. The van der Waals surface area contributed by atoms with Gasteiger partial charge in [-0.3, -0.25) is 0 Å². The number of ether oxygens (including phenoxy) is 1. The third-order valence-electron chi connectivity index (χ3n) is 4.38. The molecule has 0 spiro atoms. The molecule has 1 heterocycles. The van der Waals surface area contributed by atoms with Crippen LogP contribution in [0.15, 0.2) is 54.6 Å². The van der Waals surface area contributed by atoms with Crippen molar-refractivity contribution in [3.63, 3.8) is 0 Å². The van der Waals surface area contributed by atoms with Crippen molar-refractivity contribution in [1.29, 1.82) is 5.26 Å². The number of phenols is 1. The number of nitriles is 1. The quantitative estimate of drug-likeness (QED) is 0.489. The molecule has 0 fully saturated rings. The molecule has 0 aliphatic heterocycles. The maximum Gasteiger partial charge on any atom is 0.127 e. The van der Waals surface area contributed by atoms with E-state index in [0.717, 1.165) is 11.1 Å². The van der Waals surface area contributed by atoms with Crippen molar-refractivity contribution in [2.75, 3.05) is 25.6 Å². The summed E-state index contributed by atoms with van der Waals surface area (Å²) in [7, 11) is 1.54. The normalized spacial score (nSPS) is 11.5. The third kappa shape index (κ3) is 4.82. The van der Waals surface area contributed by atoms with Crippen LogP contribution in [0.5, 0.6) is 11.5 Å². The van der Waals surface area contributed by atoms with E-state index in [-0.39, 0.29) is 18.9 Å². The Bertz CT molecular complexity index is 1030. The number of aliphatic hydroxyl groups is 2. The Hall–Kier alpha value is -3.60. The van der Waals surface area contributed by atoms with Crippen molar-refractivity contribution >= 4 is 5.82 Å². The van der Waals surface area contributed by atoms with E-state index in [0.29, 0.717) is 28.4 Å². The first-order valence-corrected chi connectivity index (χ1v) is 8.97. The molecular weight excluding hydrogens is 370 g/mol. The first-order valence-electron chi connectivity index (χ1n) is 8.97. The fraction of sp³-hybridized carbons (Fsp3) is 0.182. The van der Waals surface area contributed by atoms with Gasteiger partial charge < -0.3 is 25.4 Å². The summed E-state index contributed by atoms with van der Waals surface area (Å²) in [6.45, 7) is -0.254. The van der Waals surface area contributed by atoms with Crippen LogP contribution in [0.25, 0.3) is 22.4 Å². The zero-order valence-corrected chi connectivity index (χ0v) is 15.8. The summed E-state index contributed by atoms with van der Waals surface area (Å²) in [4.78, 5) is 4.53. The molecule has 3 aromatic rings. The molecule has 1 unspecified atom stereocenters. The van der Waals surface area contributed by atoms with Crippen molar-refractivity contribution in [3.8, 4) is 40.0 Å². The highest BCUT2D eigenvalue weighted by Gasteiger charge is 2.13. The van der Waals surface area contributed by atoms with Crippen LogP contribution >= 0.6 is 0 Å². The molecule has 148 valence electrons. The van der Waals surface area contributed by atoms with Crippen LogP contribution in [0.2, 0.25) is 0 Å². The SMILES string of the molecule is COc1ccc(O)c(-c2cc(-c3ccc(C#N)cc3)cc(NCC(O)CO)n2)c1. The summed E-state index contributed by atoms with van der Waals surface area (Å²) in [5.74, 6) is 1.10. The number of benzene rings is 2. The summed E-state index contributed by atoms with van der Waals surface area (Å²) >= 11 is 0. The topological polar surface area (TPSA) is 119 Å². The van der Waals surface area contributed by atoms with E-state index in [4.69, 9.17) is 15.1 Å². The molecule has 1 aromatic heterocycles. The molecule has 7 heteroatoms. The van der Waals surface area contributed by atoms with E-state index in [1.54, 1.807) is 37.4 Å². The number of hydrogen-bond donors (Lipinski definition) is 4. The maximum atomic E-state index is 10.3. The third-order valence-corrected chi connectivity index (χ3v) is 4.38. The Labute approximate surface area is 168 Å². The average molecular weight is 391 g/mol. The zero-order chi connectivity index (χ0) is 20.8. The number of phenolic OH excluding ortho intramolecular Hbond substituents is 1. The number of methoxy groups -OCH3 is 1. The van der Waals surface area contributed by atoms with Gasteiger partial charge in [0.1, 0.15) is 17.3 Å². The Kier molecular flexibility index (Phi) is 6.29. The van der Waals surface area contributed by atoms with Gasteiger partial charge in [-0.15, -0.1) is 0 Å². The Morgan fingerprint density at radius 1 is 1.10 bits per heavy atom. The van der Waals surface area contributed by atoms with Crippen LogP contribution in [-0.4, -0.2) is 46.7 Å². The van der Waals surface area contributed by atoms with Gasteiger partial charge in [0.05, 0.1) is 37.1 Å². The van der Waals surface area contributed by atoms with Gasteiger partial charge in [0, 0.05) is 12.1 Å². The summed E-state index contributed by atoms with van der Waals surface area (Å²) < 4.78 is 5.25. The van der Waals surface area contributed by atoms with Crippen LogP contribution in [0.3, 0.4) is 0 Å². The van der Waals surface area contributed by atoms with Gasteiger partial charge in [0.25, 0.3) is 0 Å². The average Bonchev–Trinajstić information content (AvgIpc) is 2.77. The fourth-order valence-corrected chi connectivity index (χ4v) is 2.80. The number of aliphatic hydroxyl groups excluding tert-OH is 2. The predicted molar refractivity (Wildman–Crippen MR) is 110 cm³/mol. The summed E-state index contributed by atoms with van der Waals surface area (Å²) in [6.07, 6.45) is -0.927. The van der Waals surface area contributed by atoms with E-state index < -0.39 is 6.10 Å². The predicted octanol–water partition coefficient (Wildman–Crippen LogP) is 2.77. The zero-order valence-electron chi connectivity index (χ0n) is 15.8. The highest BCUT2D eigenvalue weighted by Crippen LogP contribution is 2.35.